The third-order valence-corrected chi connectivity index (χ3v) is 1.86. The summed E-state index contributed by atoms with van der Waals surface area (Å²) in [7, 11) is 0. The van der Waals surface area contributed by atoms with E-state index in [1.165, 1.54) is 0 Å². The summed E-state index contributed by atoms with van der Waals surface area (Å²) in [6, 6.07) is 0.0943. The van der Waals surface area contributed by atoms with E-state index in [2.05, 4.69) is 5.32 Å². The quantitative estimate of drug-likeness (QED) is 0.592. The summed E-state index contributed by atoms with van der Waals surface area (Å²) >= 11 is 0. The first-order valence-corrected chi connectivity index (χ1v) is 4.33. The van der Waals surface area contributed by atoms with Gasteiger partial charge in [0.15, 0.2) is 0 Å². The van der Waals surface area contributed by atoms with Gasteiger partial charge in [-0.05, 0) is 20.3 Å². The van der Waals surface area contributed by atoms with Crippen LogP contribution in [0.25, 0.3) is 0 Å². The van der Waals surface area contributed by atoms with Crippen molar-refractivity contribution in [3.63, 3.8) is 0 Å². The molecule has 2 amide bonds. The number of amides is 2. The standard InChI is InChI=1S/C8H16N2O2/c1-6(2)9-8(12)10-4-3-7(11)5-10/h6-7,11H,3-5H2,1-2H3,(H,9,12)/t7-/m0/s1. The maximum absolute atomic E-state index is 11.3. The van der Waals surface area contributed by atoms with Gasteiger partial charge in [0.25, 0.3) is 0 Å². The molecule has 1 fully saturated rings. The van der Waals surface area contributed by atoms with Crippen LogP contribution in [0, 0.1) is 0 Å². The van der Waals surface area contributed by atoms with Crippen LogP contribution < -0.4 is 5.32 Å². The second kappa shape index (κ2) is 3.76. The fraction of sp³-hybridized carbons (Fsp3) is 0.875. The molecule has 0 radical (unpaired) electrons. The number of hydrogen-bond donors (Lipinski definition) is 2. The molecule has 0 aliphatic carbocycles. The minimum absolute atomic E-state index is 0.0680. The minimum atomic E-state index is -0.331. The van der Waals surface area contributed by atoms with Crippen LogP contribution in [0.1, 0.15) is 20.3 Å². The van der Waals surface area contributed by atoms with Crippen molar-refractivity contribution < 1.29 is 9.90 Å². The normalized spacial score (nSPS) is 23.3. The first kappa shape index (κ1) is 9.32. The van der Waals surface area contributed by atoms with Gasteiger partial charge < -0.3 is 15.3 Å². The second-order valence-corrected chi connectivity index (χ2v) is 3.49. The van der Waals surface area contributed by atoms with E-state index in [4.69, 9.17) is 5.11 Å². The lowest BCUT2D eigenvalue weighted by atomic mass is 10.3. The molecule has 12 heavy (non-hydrogen) atoms. The molecule has 2 N–H and O–H groups in total. The van der Waals surface area contributed by atoms with Crippen molar-refractivity contribution in [3.05, 3.63) is 0 Å². The highest BCUT2D eigenvalue weighted by Gasteiger charge is 2.24. The highest BCUT2D eigenvalue weighted by Crippen LogP contribution is 2.08. The van der Waals surface area contributed by atoms with Crippen LogP contribution in [0.2, 0.25) is 0 Å². The van der Waals surface area contributed by atoms with Crippen molar-refractivity contribution >= 4 is 6.03 Å². The molecule has 70 valence electrons. The predicted octanol–water partition coefficient (Wildman–Crippen LogP) is 0.171. The van der Waals surface area contributed by atoms with E-state index >= 15 is 0 Å². The van der Waals surface area contributed by atoms with Crippen LogP contribution in [0.4, 0.5) is 4.79 Å². The van der Waals surface area contributed by atoms with E-state index in [9.17, 15) is 4.79 Å². The molecule has 1 saturated heterocycles. The number of β-amino-alcohol motifs (C(OH)–C–C–N with tert-alkyl or cyclic N) is 1. The monoisotopic (exact) mass is 172 g/mol. The number of hydrogen-bond acceptors (Lipinski definition) is 2. The van der Waals surface area contributed by atoms with E-state index in [-0.39, 0.29) is 18.2 Å². The van der Waals surface area contributed by atoms with Gasteiger partial charge in [-0.1, -0.05) is 0 Å². The van der Waals surface area contributed by atoms with Crippen LogP contribution in [0.15, 0.2) is 0 Å². The van der Waals surface area contributed by atoms with E-state index in [1.54, 1.807) is 4.90 Å². The van der Waals surface area contributed by atoms with Gasteiger partial charge in [-0.25, -0.2) is 4.79 Å². The Balaban J connectivity index is 2.33. The lowest BCUT2D eigenvalue weighted by Crippen LogP contribution is -2.42. The molecule has 4 nitrogen and oxygen atoms in total. The molecule has 0 saturated carbocycles. The summed E-state index contributed by atoms with van der Waals surface area (Å²) in [5, 5.41) is 11.9. The largest absolute Gasteiger partial charge is 0.391 e. The van der Waals surface area contributed by atoms with Crippen LogP contribution >= 0.6 is 0 Å². The van der Waals surface area contributed by atoms with Crippen LogP contribution in [0.3, 0.4) is 0 Å². The van der Waals surface area contributed by atoms with Gasteiger partial charge in [-0.2, -0.15) is 0 Å². The molecule has 1 rings (SSSR count). The fourth-order valence-electron chi connectivity index (χ4n) is 1.26. The molecule has 0 bridgehead atoms. The number of aliphatic hydroxyl groups is 1. The van der Waals surface area contributed by atoms with Gasteiger partial charge in [0.1, 0.15) is 0 Å². The minimum Gasteiger partial charge on any atom is -0.391 e. The molecular weight excluding hydrogens is 156 g/mol. The number of carbonyl (C=O) groups is 1. The number of carbonyl (C=O) groups excluding carboxylic acids is 1. The Labute approximate surface area is 72.6 Å². The van der Waals surface area contributed by atoms with Crippen LogP contribution in [-0.2, 0) is 0 Å². The average Bonchev–Trinajstić information content (AvgIpc) is 2.34. The maximum Gasteiger partial charge on any atom is 0.317 e. The van der Waals surface area contributed by atoms with Crippen LogP contribution in [0.5, 0.6) is 0 Å². The van der Waals surface area contributed by atoms with E-state index in [1.807, 2.05) is 13.8 Å². The van der Waals surface area contributed by atoms with Gasteiger partial charge in [-0.3, -0.25) is 0 Å². The predicted molar refractivity (Wildman–Crippen MR) is 45.9 cm³/mol. The third-order valence-electron chi connectivity index (χ3n) is 1.86. The molecule has 0 aromatic rings. The summed E-state index contributed by atoms with van der Waals surface area (Å²) < 4.78 is 0. The third kappa shape index (κ3) is 2.37. The summed E-state index contributed by atoms with van der Waals surface area (Å²) in [6.07, 6.45) is 0.369. The lowest BCUT2D eigenvalue weighted by molar-refractivity contribution is 0.171. The maximum atomic E-state index is 11.3. The van der Waals surface area contributed by atoms with Crippen LogP contribution in [-0.4, -0.2) is 41.3 Å². The van der Waals surface area contributed by atoms with E-state index in [0.717, 1.165) is 0 Å². The van der Waals surface area contributed by atoms with Crippen molar-refractivity contribution in [1.82, 2.24) is 10.2 Å². The van der Waals surface area contributed by atoms with Gasteiger partial charge in [-0.15, -0.1) is 0 Å². The lowest BCUT2D eigenvalue weighted by Gasteiger charge is -2.18. The molecule has 1 atom stereocenters. The number of urea groups is 1. The molecule has 0 unspecified atom stereocenters. The zero-order chi connectivity index (χ0) is 9.14. The van der Waals surface area contributed by atoms with Gasteiger partial charge >= 0.3 is 6.03 Å². The molecule has 1 heterocycles. The second-order valence-electron chi connectivity index (χ2n) is 3.49. The molecular formula is C8H16N2O2. The first-order valence-electron chi connectivity index (χ1n) is 4.33. The molecule has 0 aromatic carbocycles. The Morgan fingerprint density at radius 3 is 2.75 bits per heavy atom. The number of nitrogens with one attached hydrogen (secondary N) is 1. The number of aliphatic hydroxyl groups excluding tert-OH is 1. The SMILES string of the molecule is CC(C)NC(=O)N1CC[C@H](O)C1. The topological polar surface area (TPSA) is 52.6 Å². The Kier molecular flexibility index (Phi) is 2.92. The Morgan fingerprint density at radius 2 is 2.33 bits per heavy atom. The van der Waals surface area contributed by atoms with Crippen molar-refractivity contribution in [2.45, 2.75) is 32.4 Å². The molecule has 1 aliphatic rings. The number of rotatable bonds is 1. The van der Waals surface area contributed by atoms with Gasteiger partial charge in [0.2, 0.25) is 0 Å². The summed E-state index contributed by atoms with van der Waals surface area (Å²) in [6.45, 7) is 4.98. The Bertz CT molecular complexity index is 170. The molecule has 0 spiro atoms. The van der Waals surface area contributed by atoms with Crippen molar-refractivity contribution in [1.29, 1.82) is 0 Å². The Morgan fingerprint density at radius 1 is 1.67 bits per heavy atom. The molecule has 1 aliphatic heterocycles. The zero-order valence-corrected chi connectivity index (χ0v) is 7.58. The van der Waals surface area contributed by atoms with Crippen molar-refractivity contribution in [2.24, 2.45) is 0 Å². The molecule has 4 heteroatoms. The van der Waals surface area contributed by atoms with Crippen molar-refractivity contribution in [2.75, 3.05) is 13.1 Å². The fourth-order valence-corrected chi connectivity index (χ4v) is 1.26. The van der Waals surface area contributed by atoms with Gasteiger partial charge in [0.05, 0.1) is 6.10 Å². The van der Waals surface area contributed by atoms with E-state index in [0.29, 0.717) is 19.5 Å². The van der Waals surface area contributed by atoms with Gasteiger partial charge in [0, 0.05) is 19.1 Å². The Hall–Kier alpha value is -0.770. The highest BCUT2D eigenvalue weighted by atomic mass is 16.3. The number of likely N-dealkylation sites (tertiary alicyclic amines) is 1. The number of nitrogens with zero attached hydrogens (tertiary/aromatic N) is 1. The van der Waals surface area contributed by atoms with Crippen molar-refractivity contribution in [3.8, 4) is 0 Å². The summed E-state index contributed by atoms with van der Waals surface area (Å²) in [5.41, 5.74) is 0. The average molecular weight is 172 g/mol. The summed E-state index contributed by atoms with van der Waals surface area (Å²) in [4.78, 5) is 12.9. The smallest absolute Gasteiger partial charge is 0.317 e. The first-order chi connectivity index (χ1) is 5.59. The van der Waals surface area contributed by atoms with E-state index < -0.39 is 0 Å². The summed E-state index contributed by atoms with van der Waals surface area (Å²) in [5.74, 6) is 0. The molecule has 0 aromatic heterocycles. The zero-order valence-electron chi connectivity index (χ0n) is 7.58. The highest BCUT2D eigenvalue weighted by molar-refractivity contribution is 5.74.